The second-order valence-electron chi connectivity index (χ2n) is 6.35. The van der Waals surface area contributed by atoms with E-state index in [4.69, 9.17) is 9.31 Å². The molecule has 19 heavy (non-hydrogen) atoms. The molecule has 2 heterocycles. The molecule has 1 aromatic heterocycles. The topological polar surface area (TPSA) is 31.4 Å². The molecule has 0 atom stereocenters. The Hall–Kier alpha value is -0.865. The van der Waals surface area contributed by atoms with E-state index in [1.165, 1.54) is 5.56 Å². The largest absolute Gasteiger partial charge is 0.496 e. The van der Waals surface area contributed by atoms with Crippen molar-refractivity contribution in [2.75, 3.05) is 0 Å². The van der Waals surface area contributed by atoms with Crippen molar-refractivity contribution in [2.24, 2.45) is 0 Å². The standard InChI is InChI=1S/C15H24BNO2/c1-7-8-12-9-13(10-17-11(12)2)16-18-14(3,4)15(5,6)19-16/h9-10H,7-8H2,1-6H3. The van der Waals surface area contributed by atoms with Gasteiger partial charge in [-0.05, 0) is 46.6 Å². The highest BCUT2D eigenvalue weighted by Gasteiger charge is 2.51. The summed E-state index contributed by atoms with van der Waals surface area (Å²) >= 11 is 0. The summed E-state index contributed by atoms with van der Waals surface area (Å²) in [6.07, 6.45) is 4.04. The van der Waals surface area contributed by atoms with E-state index in [-0.39, 0.29) is 18.3 Å². The van der Waals surface area contributed by atoms with E-state index in [0.29, 0.717) is 0 Å². The molecule has 0 aromatic carbocycles. The van der Waals surface area contributed by atoms with Crippen LogP contribution in [0, 0.1) is 6.92 Å². The first-order chi connectivity index (χ1) is 8.77. The Bertz CT molecular complexity index is 455. The van der Waals surface area contributed by atoms with Gasteiger partial charge in [-0.2, -0.15) is 0 Å². The Morgan fingerprint density at radius 1 is 1.16 bits per heavy atom. The lowest BCUT2D eigenvalue weighted by Crippen LogP contribution is -2.41. The number of aryl methyl sites for hydroxylation is 2. The molecule has 1 aliphatic rings. The first kappa shape index (κ1) is 14.5. The van der Waals surface area contributed by atoms with Gasteiger partial charge >= 0.3 is 7.12 Å². The van der Waals surface area contributed by atoms with Gasteiger partial charge in [-0.15, -0.1) is 0 Å². The lowest BCUT2D eigenvalue weighted by Gasteiger charge is -2.32. The summed E-state index contributed by atoms with van der Waals surface area (Å²) in [5.74, 6) is 0. The van der Waals surface area contributed by atoms with E-state index in [9.17, 15) is 0 Å². The van der Waals surface area contributed by atoms with Gasteiger partial charge in [0.05, 0.1) is 11.2 Å². The number of pyridine rings is 1. The molecule has 0 amide bonds. The smallest absolute Gasteiger partial charge is 0.399 e. The van der Waals surface area contributed by atoms with Crippen LogP contribution in [0.1, 0.15) is 52.3 Å². The first-order valence-corrected chi connectivity index (χ1v) is 7.08. The minimum absolute atomic E-state index is 0.298. The van der Waals surface area contributed by atoms with Crippen molar-refractivity contribution in [2.45, 2.75) is 65.6 Å². The van der Waals surface area contributed by atoms with Crippen molar-refractivity contribution in [1.29, 1.82) is 0 Å². The highest BCUT2D eigenvalue weighted by atomic mass is 16.7. The summed E-state index contributed by atoms with van der Waals surface area (Å²) in [4.78, 5) is 4.48. The third kappa shape index (κ3) is 2.70. The quantitative estimate of drug-likeness (QED) is 0.784. The van der Waals surface area contributed by atoms with Gasteiger partial charge in [0.1, 0.15) is 0 Å². The summed E-state index contributed by atoms with van der Waals surface area (Å²) in [5, 5.41) is 0. The van der Waals surface area contributed by atoms with Crippen LogP contribution in [0.15, 0.2) is 12.3 Å². The Morgan fingerprint density at radius 2 is 1.74 bits per heavy atom. The predicted molar refractivity (Wildman–Crippen MR) is 78.7 cm³/mol. The van der Waals surface area contributed by atoms with Gasteiger partial charge in [-0.3, -0.25) is 4.98 Å². The number of rotatable bonds is 3. The van der Waals surface area contributed by atoms with E-state index in [1.807, 2.05) is 6.20 Å². The van der Waals surface area contributed by atoms with Crippen LogP contribution < -0.4 is 5.46 Å². The van der Waals surface area contributed by atoms with Gasteiger partial charge in [0.25, 0.3) is 0 Å². The summed E-state index contributed by atoms with van der Waals surface area (Å²) in [5.41, 5.74) is 2.81. The van der Waals surface area contributed by atoms with Gasteiger partial charge in [-0.25, -0.2) is 0 Å². The third-order valence-corrected chi connectivity index (χ3v) is 4.26. The van der Waals surface area contributed by atoms with Crippen molar-refractivity contribution < 1.29 is 9.31 Å². The molecule has 1 aromatic rings. The van der Waals surface area contributed by atoms with Gasteiger partial charge in [0.2, 0.25) is 0 Å². The van der Waals surface area contributed by atoms with Crippen LogP contribution >= 0.6 is 0 Å². The average Bonchev–Trinajstić information content (AvgIpc) is 2.51. The second-order valence-corrected chi connectivity index (χ2v) is 6.35. The molecule has 0 bridgehead atoms. The molecule has 0 aliphatic carbocycles. The van der Waals surface area contributed by atoms with E-state index < -0.39 is 0 Å². The van der Waals surface area contributed by atoms with Crippen molar-refractivity contribution in [3.63, 3.8) is 0 Å². The molecule has 0 saturated carbocycles. The fourth-order valence-electron chi connectivity index (χ4n) is 2.23. The summed E-state index contributed by atoms with van der Waals surface area (Å²) in [6, 6.07) is 2.17. The number of hydrogen-bond acceptors (Lipinski definition) is 3. The van der Waals surface area contributed by atoms with Crippen LogP contribution in [0.2, 0.25) is 0 Å². The van der Waals surface area contributed by atoms with E-state index in [1.54, 1.807) is 0 Å². The average molecular weight is 261 g/mol. The fourth-order valence-corrected chi connectivity index (χ4v) is 2.23. The molecule has 1 fully saturated rings. The van der Waals surface area contributed by atoms with Gasteiger partial charge < -0.3 is 9.31 Å². The zero-order chi connectivity index (χ0) is 14.3. The van der Waals surface area contributed by atoms with Crippen molar-refractivity contribution in [3.8, 4) is 0 Å². The molecule has 0 spiro atoms. The highest BCUT2D eigenvalue weighted by Crippen LogP contribution is 2.36. The molecule has 4 heteroatoms. The Morgan fingerprint density at radius 3 is 2.26 bits per heavy atom. The zero-order valence-corrected chi connectivity index (χ0v) is 12.9. The molecule has 3 nitrogen and oxygen atoms in total. The number of aromatic nitrogens is 1. The minimum Gasteiger partial charge on any atom is -0.399 e. The van der Waals surface area contributed by atoms with Crippen molar-refractivity contribution >= 4 is 12.6 Å². The molecule has 0 unspecified atom stereocenters. The highest BCUT2D eigenvalue weighted by molar-refractivity contribution is 6.62. The SMILES string of the molecule is CCCc1cc(B2OC(C)(C)C(C)(C)O2)cnc1C. The normalized spacial score (nSPS) is 20.8. The Kier molecular flexibility index (Phi) is 3.76. The molecule has 1 saturated heterocycles. The molecule has 0 N–H and O–H groups in total. The third-order valence-electron chi connectivity index (χ3n) is 4.26. The molecular weight excluding hydrogens is 237 g/mol. The number of nitrogens with zero attached hydrogens (tertiary/aromatic N) is 1. The van der Waals surface area contributed by atoms with Crippen LogP contribution in [-0.2, 0) is 15.7 Å². The minimum atomic E-state index is -0.311. The lowest BCUT2D eigenvalue weighted by molar-refractivity contribution is 0.00578. The number of hydrogen-bond donors (Lipinski definition) is 0. The van der Waals surface area contributed by atoms with E-state index in [0.717, 1.165) is 24.0 Å². The monoisotopic (exact) mass is 261 g/mol. The Labute approximate surface area is 116 Å². The van der Waals surface area contributed by atoms with Crippen LogP contribution in [-0.4, -0.2) is 23.3 Å². The molecule has 0 radical (unpaired) electrons. The van der Waals surface area contributed by atoms with Crippen molar-refractivity contribution in [3.05, 3.63) is 23.5 Å². The molecule has 104 valence electrons. The van der Waals surface area contributed by atoms with E-state index >= 15 is 0 Å². The summed E-state index contributed by atoms with van der Waals surface area (Å²) in [6.45, 7) is 12.5. The lowest BCUT2D eigenvalue weighted by atomic mass is 9.79. The second kappa shape index (κ2) is 4.91. The molecule has 2 rings (SSSR count). The maximum Gasteiger partial charge on any atom is 0.496 e. The summed E-state index contributed by atoms with van der Waals surface area (Å²) in [7, 11) is -0.311. The van der Waals surface area contributed by atoms with Crippen LogP contribution in [0.4, 0.5) is 0 Å². The first-order valence-electron chi connectivity index (χ1n) is 7.08. The maximum absolute atomic E-state index is 6.06. The van der Waals surface area contributed by atoms with Crippen LogP contribution in [0.3, 0.4) is 0 Å². The van der Waals surface area contributed by atoms with Gasteiger partial charge in [-0.1, -0.05) is 19.4 Å². The fraction of sp³-hybridized carbons (Fsp3) is 0.667. The van der Waals surface area contributed by atoms with Gasteiger partial charge in [0, 0.05) is 17.4 Å². The maximum atomic E-state index is 6.06. The summed E-state index contributed by atoms with van der Waals surface area (Å²) < 4.78 is 12.1. The zero-order valence-electron chi connectivity index (χ0n) is 12.9. The van der Waals surface area contributed by atoms with Crippen molar-refractivity contribution in [1.82, 2.24) is 4.98 Å². The van der Waals surface area contributed by atoms with E-state index in [2.05, 4.69) is 52.6 Å². The van der Waals surface area contributed by atoms with Crippen LogP contribution in [0.5, 0.6) is 0 Å². The van der Waals surface area contributed by atoms with Gasteiger partial charge in [0.15, 0.2) is 0 Å². The molecule has 1 aliphatic heterocycles. The predicted octanol–water partition coefficient (Wildman–Crippen LogP) is 2.64. The van der Waals surface area contributed by atoms with Crippen LogP contribution in [0.25, 0.3) is 0 Å². The molecular formula is C15H24BNO2. The Balaban J connectivity index is 2.27.